The summed E-state index contributed by atoms with van der Waals surface area (Å²) in [6.07, 6.45) is 5.18. The van der Waals surface area contributed by atoms with Crippen LogP contribution in [0.3, 0.4) is 0 Å². The lowest BCUT2D eigenvalue weighted by molar-refractivity contribution is -0.129. The fourth-order valence-electron chi connectivity index (χ4n) is 3.74. The number of amides is 2. The summed E-state index contributed by atoms with van der Waals surface area (Å²) in [5.41, 5.74) is 1.00. The number of aryl methyl sites for hydroxylation is 1. The molecule has 158 valence electrons. The molecule has 0 saturated carbocycles. The second kappa shape index (κ2) is 9.54. The standard InChI is InChI=1S/C21H30N4O3S/c1-5-17-6-7-18(29-17)21(27)22-11-15-10-19(26)24(8-9-28-4)20(15)16-12-23-25(13-16)14(2)3/h6-7,12-15,20H,5,8-11H2,1-4H3,(H,22,27)/t15-,20+/m0/s1. The maximum atomic E-state index is 12.7. The van der Waals surface area contributed by atoms with Crippen LogP contribution >= 0.6 is 11.3 Å². The van der Waals surface area contributed by atoms with E-state index in [1.165, 1.54) is 16.2 Å². The first-order valence-electron chi connectivity index (χ1n) is 10.1. The number of carbonyl (C=O) groups is 2. The Balaban J connectivity index is 1.75. The van der Waals surface area contributed by atoms with Gasteiger partial charge in [-0.3, -0.25) is 14.3 Å². The summed E-state index contributed by atoms with van der Waals surface area (Å²) in [6.45, 7) is 7.68. The normalized spacial score (nSPS) is 19.3. The molecule has 3 rings (SSSR count). The van der Waals surface area contributed by atoms with Crippen LogP contribution in [0.5, 0.6) is 0 Å². The lowest BCUT2D eigenvalue weighted by atomic mass is 9.95. The summed E-state index contributed by atoms with van der Waals surface area (Å²) >= 11 is 1.52. The lowest BCUT2D eigenvalue weighted by Crippen LogP contribution is -2.35. The number of carbonyl (C=O) groups excluding carboxylic acids is 2. The molecular formula is C21H30N4O3S. The molecule has 0 radical (unpaired) electrons. The molecule has 2 amide bonds. The highest BCUT2D eigenvalue weighted by atomic mass is 32.1. The highest BCUT2D eigenvalue weighted by Crippen LogP contribution is 2.37. The van der Waals surface area contributed by atoms with Crippen LogP contribution in [0.15, 0.2) is 24.5 Å². The van der Waals surface area contributed by atoms with Crippen molar-refractivity contribution in [3.8, 4) is 0 Å². The van der Waals surface area contributed by atoms with Gasteiger partial charge in [0.05, 0.1) is 23.7 Å². The Morgan fingerprint density at radius 1 is 1.41 bits per heavy atom. The first-order valence-corrected chi connectivity index (χ1v) is 11.0. The summed E-state index contributed by atoms with van der Waals surface area (Å²) in [5.74, 6) is 0.0147. The van der Waals surface area contributed by atoms with Crippen LogP contribution in [0.4, 0.5) is 0 Å². The van der Waals surface area contributed by atoms with Crippen LogP contribution in [0, 0.1) is 5.92 Å². The molecule has 29 heavy (non-hydrogen) atoms. The van der Waals surface area contributed by atoms with Gasteiger partial charge < -0.3 is 15.0 Å². The minimum absolute atomic E-state index is 0.00118. The lowest BCUT2D eigenvalue weighted by Gasteiger charge is -2.27. The molecule has 1 aliphatic heterocycles. The Bertz CT molecular complexity index is 845. The van der Waals surface area contributed by atoms with Crippen LogP contribution in [0.1, 0.15) is 59.4 Å². The predicted octanol–water partition coefficient (Wildman–Crippen LogP) is 3.05. The minimum atomic E-state index is -0.111. The quantitative estimate of drug-likeness (QED) is 0.679. The SMILES string of the molecule is CCc1ccc(C(=O)NC[C@@H]2CC(=O)N(CCOC)[C@H]2c2cnn(C(C)C)c2)s1. The van der Waals surface area contributed by atoms with Crippen molar-refractivity contribution in [1.82, 2.24) is 20.0 Å². The van der Waals surface area contributed by atoms with E-state index in [0.29, 0.717) is 31.0 Å². The van der Waals surface area contributed by atoms with Gasteiger partial charge in [0.15, 0.2) is 0 Å². The number of nitrogens with one attached hydrogen (secondary N) is 1. The molecule has 1 aliphatic rings. The third-order valence-electron chi connectivity index (χ3n) is 5.33. The van der Waals surface area contributed by atoms with E-state index in [4.69, 9.17) is 4.74 Å². The highest BCUT2D eigenvalue weighted by Gasteiger charge is 2.41. The number of likely N-dealkylation sites (tertiary alicyclic amines) is 1. The van der Waals surface area contributed by atoms with Gasteiger partial charge in [0.2, 0.25) is 5.91 Å². The van der Waals surface area contributed by atoms with Crippen molar-refractivity contribution in [1.29, 1.82) is 0 Å². The van der Waals surface area contributed by atoms with Gasteiger partial charge in [0, 0.05) is 55.2 Å². The molecule has 0 unspecified atom stereocenters. The van der Waals surface area contributed by atoms with E-state index in [-0.39, 0.29) is 29.8 Å². The van der Waals surface area contributed by atoms with Gasteiger partial charge in [-0.25, -0.2) is 0 Å². The third-order valence-corrected chi connectivity index (χ3v) is 6.55. The van der Waals surface area contributed by atoms with Gasteiger partial charge in [-0.15, -0.1) is 11.3 Å². The third kappa shape index (κ3) is 4.87. The average Bonchev–Trinajstić information content (AvgIpc) is 3.42. The van der Waals surface area contributed by atoms with Gasteiger partial charge >= 0.3 is 0 Å². The van der Waals surface area contributed by atoms with E-state index in [1.54, 1.807) is 7.11 Å². The van der Waals surface area contributed by atoms with Crippen LogP contribution < -0.4 is 5.32 Å². The molecule has 2 atom stereocenters. The van der Waals surface area contributed by atoms with Crippen molar-refractivity contribution in [2.45, 2.75) is 45.7 Å². The molecule has 2 aromatic heterocycles. The van der Waals surface area contributed by atoms with Gasteiger partial charge in [-0.2, -0.15) is 5.10 Å². The second-order valence-electron chi connectivity index (χ2n) is 7.67. The van der Waals surface area contributed by atoms with Gasteiger partial charge in [-0.05, 0) is 32.4 Å². The number of thiophene rings is 1. The van der Waals surface area contributed by atoms with Crippen LogP contribution in [-0.4, -0.2) is 53.3 Å². The van der Waals surface area contributed by atoms with Crippen molar-refractivity contribution >= 4 is 23.2 Å². The molecule has 0 aromatic carbocycles. The van der Waals surface area contributed by atoms with Crippen LogP contribution in [0.25, 0.3) is 0 Å². The van der Waals surface area contributed by atoms with E-state index in [1.807, 2.05) is 34.1 Å². The molecule has 0 aliphatic carbocycles. The van der Waals surface area contributed by atoms with Crippen molar-refractivity contribution in [3.05, 3.63) is 39.8 Å². The summed E-state index contributed by atoms with van der Waals surface area (Å²) in [6, 6.07) is 4.00. The van der Waals surface area contributed by atoms with Crippen molar-refractivity contribution in [2.75, 3.05) is 26.8 Å². The number of methoxy groups -OCH3 is 1. The fourth-order valence-corrected chi connectivity index (χ4v) is 4.60. The van der Waals surface area contributed by atoms with E-state index < -0.39 is 0 Å². The number of hydrogen-bond acceptors (Lipinski definition) is 5. The molecule has 1 N–H and O–H groups in total. The van der Waals surface area contributed by atoms with E-state index in [9.17, 15) is 9.59 Å². The van der Waals surface area contributed by atoms with Gasteiger partial charge in [-0.1, -0.05) is 6.92 Å². The first-order chi connectivity index (χ1) is 13.9. The summed E-state index contributed by atoms with van der Waals surface area (Å²) in [7, 11) is 1.63. The predicted molar refractivity (Wildman–Crippen MR) is 113 cm³/mol. The Morgan fingerprint density at radius 2 is 2.21 bits per heavy atom. The van der Waals surface area contributed by atoms with Crippen molar-refractivity contribution < 1.29 is 14.3 Å². The molecule has 0 bridgehead atoms. The number of nitrogens with zero attached hydrogens (tertiary/aromatic N) is 3. The number of rotatable bonds is 9. The zero-order chi connectivity index (χ0) is 21.0. The second-order valence-corrected chi connectivity index (χ2v) is 8.83. The van der Waals surface area contributed by atoms with E-state index in [0.717, 1.165) is 12.0 Å². The molecule has 2 aromatic rings. The van der Waals surface area contributed by atoms with Crippen molar-refractivity contribution in [3.63, 3.8) is 0 Å². The summed E-state index contributed by atoms with van der Waals surface area (Å²) in [4.78, 5) is 29.0. The van der Waals surface area contributed by atoms with Gasteiger partial charge in [0.1, 0.15) is 0 Å². The average molecular weight is 419 g/mol. The molecular weight excluding hydrogens is 388 g/mol. The Labute approximate surface area is 176 Å². The molecule has 0 spiro atoms. The van der Waals surface area contributed by atoms with Gasteiger partial charge in [0.25, 0.3) is 5.91 Å². The summed E-state index contributed by atoms with van der Waals surface area (Å²) in [5, 5.41) is 7.49. The zero-order valence-corrected chi connectivity index (χ0v) is 18.4. The zero-order valence-electron chi connectivity index (χ0n) is 17.6. The molecule has 7 nitrogen and oxygen atoms in total. The number of ether oxygens (including phenoxy) is 1. The molecule has 1 fully saturated rings. The monoisotopic (exact) mass is 418 g/mol. The Hall–Kier alpha value is -2.19. The highest BCUT2D eigenvalue weighted by molar-refractivity contribution is 7.14. The summed E-state index contributed by atoms with van der Waals surface area (Å²) < 4.78 is 7.10. The maximum Gasteiger partial charge on any atom is 0.261 e. The Kier molecular flexibility index (Phi) is 7.08. The number of hydrogen-bond donors (Lipinski definition) is 1. The smallest absolute Gasteiger partial charge is 0.261 e. The van der Waals surface area contributed by atoms with Crippen molar-refractivity contribution in [2.24, 2.45) is 5.92 Å². The fraction of sp³-hybridized carbons (Fsp3) is 0.571. The maximum absolute atomic E-state index is 12.7. The van der Waals surface area contributed by atoms with E-state index >= 15 is 0 Å². The first kappa shape index (κ1) is 21.5. The van der Waals surface area contributed by atoms with Crippen LogP contribution in [-0.2, 0) is 16.0 Å². The number of aromatic nitrogens is 2. The molecule has 8 heteroatoms. The largest absolute Gasteiger partial charge is 0.383 e. The van der Waals surface area contributed by atoms with Crippen LogP contribution in [0.2, 0.25) is 0 Å². The molecule has 3 heterocycles. The topological polar surface area (TPSA) is 76.5 Å². The van der Waals surface area contributed by atoms with E-state index in [2.05, 4.69) is 31.2 Å². The Morgan fingerprint density at radius 3 is 2.83 bits per heavy atom. The molecule has 1 saturated heterocycles. The minimum Gasteiger partial charge on any atom is -0.383 e.